The molecule has 132 valence electrons. The van der Waals surface area contributed by atoms with Crippen LogP contribution in [0.2, 0.25) is 5.02 Å². The smallest absolute Gasteiger partial charge is 0.225 e. The molecule has 2 unspecified atom stereocenters. The molecule has 1 amide bonds. The van der Waals surface area contributed by atoms with E-state index in [4.69, 9.17) is 26.8 Å². The maximum absolute atomic E-state index is 12.5. The molecule has 0 radical (unpaired) electrons. The number of fused-ring (bicyclic) bond motifs is 1. The average molecular weight is 353 g/mol. The number of nitrogens with one attached hydrogen (secondary N) is 1. The Labute approximate surface area is 147 Å². The highest BCUT2D eigenvalue weighted by Gasteiger charge is 2.37. The number of nitrogens with two attached hydrogens (primary N) is 1. The second-order valence-electron chi connectivity index (χ2n) is 6.98. The number of hydrogen-bond donors (Lipinski definition) is 2. The Balaban J connectivity index is 1.67. The molecule has 1 heterocycles. The quantitative estimate of drug-likeness (QED) is 0.877. The van der Waals surface area contributed by atoms with Crippen molar-refractivity contribution in [1.29, 1.82) is 0 Å². The Kier molecular flexibility index (Phi) is 5.21. The summed E-state index contributed by atoms with van der Waals surface area (Å²) < 4.78 is 11.3. The first-order valence-electron chi connectivity index (χ1n) is 8.62. The molecule has 1 aliphatic carbocycles. The standard InChI is InChI=1S/C18H25ClN2O3/c1-18(20)6-3-2-5-13(18)17(22)21-11-12-9-14(19)16-15(10-12)23-7-4-8-24-16/h9-10,13H,2-8,11,20H2,1H3,(H,21,22). The van der Waals surface area contributed by atoms with Gasteiger partial charge in [-0.15, -0.1) is 0 Å². The van der Waals surface area contributed by atoms with E-state index in [0.717, 1.165) is 37.7 Å². The fourth-order valence-corrected chi connectivity index (χ4v) is 3.78. The van der Waals surface area contributed by atoms with Gasteiger partial charge < -0.3 is 20.5 Å². The Bertz CT molecular complexity index is 619. The number of rotatable bonds is 3. The highest BCUT2D eigenvalue weighted by atomic mass is 35.5. The van der Waals surface area contributed by atoms with Gasteiger partial charge >= 0.3 is 0 Å². The van der Waals surface area contributed by atoms with Crippen LogP contribution in [0.1, 0.15) is 44.6 Å². The normalized spacial score (nSPS) is 26.5. The number of carbonyl (C=O) groups excluding carboxylic acids is 1. The van der Waals surface area contributed by atoms with Gasteiger partial charge in [0.1, 0.15) is 0 Å². The molecule has 2 aliphatic rings. The topological polar surface area (TPSA) is 73.6 Å². The third-order valence-electron chi connectivity index (χ3n) is 4.90. The van der Waals surface area contributed by atoms with Crippen LogP contribution in [0.4, 0.5) is 0 Å². The van der Waals surface area contributed by atoms with Crippen LogP contribution in [-0.4, -0.2) is 24.7 Å². The van der Waals surface area contributed by atoms with Gasteiger partial charge in [0.15, 0.2) is 11.5 Å². The number of hydrogen-bond acceptors (Lipinski definition) is 4. The SMILES string of the molecule is CC1(N)CCCCC1C(=O)NCc1cc(Cl)c2c(c1)OCCCO2. The molecule has 3 N–H and O–H groups in total. The fraction of sp³-hybridized carbons (Fsp3) is 0.611. The number of benzene rings is 1. The van der Waals surface area contributed by atoms with Crippen molar-refractivity contribution >= 4 is 17.5 Å². The lowest BCUT2D eigenvalue weighted by Gasteiger charge is -2.37. The van der Waals surface area contributed by atoms with Gasteiger partial charge in [0.05, 0.1) is 24.2 Å². The van der Waals surface area contributed by atoms with Crippen LogP contribution in [-0.2, 0) is 11.3 Å². The molecule has 1 aromatic carbocycles. The lowest BCUT2D eigenvalue weighted by atomic mass is 9.74. The number of halogens is 1. The Hall–Kier alpha value is -1.46. The maximum atomic E-state index is 12.5. The Morgan fingerprint density at radius 1 is 1.33 bits per heavy atom. The van der Waals surface area contributed by atoms with Crippen LogP contribution in [0.3, 0.4) is 0 Å². The average Bonchev–Trinajstić information content (AvgIpc) is 2.78. The second kappa shape index (κ2) is 7.19. The minimum atomic E-state index is -0.426. The molecule has 5 nitrogen and oxygen atoms in total. The first-order valence-corrected chi connectivity index (χ1v) is 9.00. The van der Waals surface area contributed by atoms with Crippen molar-refractivity contribution in [2.24, 2.45) is 11.7 Å². The molecule has 2 atom stereocenters. The molecule has 3 rings (SSSR count). The molecule has 0 spiro atoms. The molecule has 1 saturated carbocycles. The van der Waals surface area contributed by atoms with Gasteiger partial charge in [-0.2, -0.15) is 0 Å². The van der Waals surface area contributed by atoms with Crippen LogP contribution in [0, 0.1) is 5.92 Å². The zero-order valence-corrected chi connectivity index (χ0v) is 14.8. The maximum Gasteiger partial charge on any atom is 0.225 e. The summed E-state index contributed by atoms with van der Waals surface area (Å²) in [5, 5.41) is 3.51. The number of amides is 1. The third kappa shape index (κ3) is 3.78. The van der Waals surface area contributed by atoms with Crippen LogP contribution >= 0.6 is 11.6 Å². The summed E-state index contributed by atoms with van der Waals surface area (Å²) in [7, 11) is 0. The van der Waals surface area contributed by atoms with Crippen molar-refractivity contribution in [2.75, 3.05) is 13.2 Å². The number of carbonyl (C=O) groups is 1. The lowest BCUT2D eigenvalue weighted by molar-refractivity contribution is -0.128. The zero-order chi connectivity index (χ0) is 17.2. The Morgan fingerprint density at radius 3 is 2.92 bits per heavy atom. The summed E-state index contributed by atoms with van der Waals surface area (Å²) in [6, 6.07) is 3.70. The van der Waals surface area contributed by atoms with Gasteiger partial charge in [-0.3, -0.25) is 4.79 Å². The van der Waals surface area contributed by atoms with Crippen molar-refractivity contribution < 1.29 is 14.3 Å². The van der Waals surface area contributed by atoms with Crippen molar-refractivity contribution in [3.8, 4) is 11.5 Å². The molecule has 1 fully saturated rings. The van der Waals surface area contributed by atoms with E-state index in [1.165, 1.54) is 0 Å². The summed E-state index contributed by atoms with van der Waals surface area (Å²) >= 11 is 6.29. The monoisotopic (exact) mass is 352 g/mol. The van der Waals surface area contributed by atoms with Crippen LogP contribution < -0.4 is 20.5 Å². The van der Waals surface area contributed by atoms with E-state index in [9.17, 15) is 4.79 Å². The van der Waals surface area contributed by atoms with Crippen molar-refractivity contribution in [3.05, 3.63) is 22.7 Å². The van der Waals surface area contributed by atoms with Gasteiger partial charge in [0, 0.05) is 18.5 Å². The summed E-state index contributed by atoms with van der Waals surface area (Å²) in [5.74, 6) is 1.11. The first-order chi connectivity index (χ1) is 11.5. The molecule has 0 bridgehead atoms. The predicted octanol–water partition coefficient (Wildman–Crippen LogP) is 3.03. The highest BCUT2D eigenvalue weighted by Crippen LogP contribution is 2.38. The highest BCUT2D eigenvalue weighted by molar-refractivity contribution is 6.32. The van der Waals surface area contributed by atoms with Crippen molar-refractivity contribution in [3.63, 3.8) is 0 Å². The molecule has 1 aliphatic heterocycles. The third-order valence-corrected chi connectivity index (χ3v) is 5.18. The fourth-order valence-electron chi connectivity index (χ4n) is 3.49. The van der Waals surface area contributed by atoms with E-state index < -0.39 is 5.54 Å². The van der Waals surface area contributed by atoms with Crippen molar-refractivity contribution in [1.82, 2.24) is 5.32 Å². The minimum Gasteiger partial charge on any atom is -0.489 e. The largest absolute Gasteiger partial charge is 0.489 e. The summed E-state index contributed by atoms with van der Waals surface area (Å²) in [6.07, 6.45) is 4.71. The van der Waals surface area contributed by atoms with Crippen LogP contribution in [0.5, 0.6) is 11.5 Å². The molecule has 0 saturated heterocycles. The van der Waals surface area contributed by atoms with E-state index in [-0.39, 0.29) is 11.8 Å². The zero-order valence-electron chi connectivity index (χ0n) is 14.1. The second-order valence-corrected chi connectivity index (χ2v) is 7.38. The van der Waals surface area contributed by atoms with E-state index in [1.54, 1.807) is 0 Å². The molecule has 24 heavy (non-hydrogen) atoms. The summed E-state index contributed by atoms with van der Waals surface area (Å²) in [6.45, 7) is 3.58. The van der Waals surface area contributed by atoms with Crippen LogP contribution in [0.25, 0.3) is 0 Å². The molecule has 1 aromatic rings. The molecular weight excluding hydrogens is 328 g/mol. The first kappa shape index (κ1) is 17.4. The molecular formula is C18H25ClN2O3. The summed E-state index contributed by atoms with van der Waals surface area (Å²) in [4.78, 5) is 12.5. The van der Waals surface area contributed by atoms with Gasteiger partial charge in [-0.25, -0.2) is 0 Å². The van der Waals surface area contributed by atoms with E-state index in [0.29, 0.717) is 36.3 Å². The minimum absolute atomic E-state index is 0.0166. The van der Waals surface area contributed by atoms with Gasteiger partial charge in [0.25, 0.3) is 0 Å². The van der Waals surface area contributed by atoms with Crippen molar-refractivity contribution in [2.45, 2.75) is 51.1 Å². The molecule has 6 heteroatoms. The lowest BCUT2D eigenvalue weighted by Crippen LogP contribution is -2.52. The predicted molar refractivity (Wildman–Crippen MR) is 93.5 cm³/mol. The number of ether oxygens (including phenoxy) is 2. The van der Waals surface area contributed by atoms with E-state index in [1.807, 2.05) is 19.1 Å². The van der Waals surface area contributed by atoms with E-state index in [2.05, 4.69) is 5.32 Å². The van der Waals surface area contributed by atoms with Gasteiger partial charge in [-0.05, 0) is 37.5 Å². The van der Waals surface area contributed by atoms with Gasteiger partial charge in [-0.1, -0.05) is 24.4 Å². The Morgan fingerprint density at radius 2 is 2.12 bits per heavy atom. The summed E-state index contributed by atoms with van der Waals surface area (Å²) in [5.41, 5.74) is 6.78. The molecule has 0 aromatic heterocycles. The van der Waals surface area contributed by atoms with Crippen LogP contribution in [0.15, 0.2) is 12.1 Å². The van der Waals surface area contributed by atoms with Gasteiger partial charge in [0.2, 0.25) is 5.91 Å². The van der Waals surface area contributed by atoms with E-state index >= 15 is 0 Å².